The molecule has 2 N–H and O–H groups in total. The number of anilines is 1. The first kappa shape index (κ1) is 11.9. The maximum Gasteiger partial charge on any atom is 0.298 e. The maximum absolute atomic E-state index is 10.9. The van der Waals surface area contributed by atoms with Crippen LogP contribution in [0.4, 0.5) is 11.7 Å². The fourth-order valence-electron chi connectivity index (χ4n) is 1.89. The van der Waals surface area contributed by atoms with Crippen molar-refractivity contribution in [1.82, 2.24) is 10.3 Å². The second-order valence-electron chi connectivity index (χ2n) is 4.56. The van der Waals surface area contributed by atoms with E-state index in [1.54, 1.807) is 12.1 Å². The van der Waals surface area contributed by atoms with E-state index in [2.05, 4.69) is 15.6 Å². The van der Waals surface area contributed by atoms with Crippen molar-refractivity contribution in [3.63, 3.8) is 0 Å². The van der Waals surface area contributed by atoms with Gasteiger partial charge in [-0.05, 0) is 18.9 Å². The monoisotopic (exact) mass is 262 g/mol. The van der Waals surface area contributed by atoms with E-state index in [0.717, 1.165) is 6.54 Å². The molecule has 0 unspecified atom stereocenters. The van der Waals surface area contributed by atoms with Crippen molar-refractivity contribution in [2.45, 2.75) is 18.9 Å². The molecule has 0 bridgehead atoms. The van der Waals surface area contributed by atoms with Gasteiger partial charge < -0.3 is 15.1 Å². The lowest BCUT2D eigenvalue weighted by Gasteiger charge is -2.02. The van der Waals surface area contributed by atoms with Crippen LogP contribution in [0, 0.1) is 10.1 Å². The van der Waals surface area contributed by atoms with Crippen LogP contribution in [-0.2, 0) is 0 Å². The molecule has 0 spiro atoms. The molecule has 0 atom stereocenters. The van der Waals surface area contributed by atoms with Crippen LogP contribution in [0.1, 0.15) is 12.8 Å². The Balaban J connectivity index is 1.69. The molecular formula is C12H14N4O3. The van der Waals surface area contributed by atoms with Crippen LogP contribution in [0.3, 0.4) is 0 Å². The number of oxazole rings is 1. The summed E-state index contributed by atoms with van der Waals surface area (Å²) in [6, 6.07) is 5.66. The highest BCUT2D eigenvalue weighted by Crippen LogP contribution is 2.27. The molecule has 1 fully saturated rings. The number of nitrogens with one attached hydrogen (secondary N) is 2. The van der Waals surface area contributed by atoms with Gasteiger partial charge in [-0.15, -0.1) is 0 Å². The van der Waals surface area contributed by atoms with Crippen LogP contribution in [-0.4, -0.2) is 29.0 Å². The quantitative estimate of drug-likeness (QED) is 0.469. The molecule has 1 aromatic carbocycles. The van der Waals surface area contributed by atoms with E-state index in [0.29, 0.717) is 24.2 Å². The standard InChI is InChI=1S/C12H14N4O3/c17-16(18)9-2-1-3-10-11(9)15-12(19-10)14-7-6-13-8-4-5-8/h1-3,8,13H,4-7H2,(H,14,15). The van der Waals surface area contributed by atoms with E-state index >= 15 is 0 Å². The van der Waals surface area contributed by atoms with Crippen LogP contribution in [0.5, 0.6) is 0 Å². The van der Waals surface area contributed by atoms with E-state index < -0.39 is 4.92 Å². The van der Waals surface area contributed by atoms with Crippen LogP contribution < -0.4 is 10.6 Å². The van der Waals surface area contributed by atoms with Crippen molar-refractivity contribution in [2.75, 3.05) is 18.4 Å². The number of nitrogens with zero attached hydrogens (tertiary/aromatic N) is 2. The lowest BCUT2D eigenvalue weighted by atomic mass is 10.3. The molecule has 1 aromatic heterocycles. The number of nitro benzene ring substituents is 1. The predicted octanol–water partition coefficient (Wildman–Crippen LogP) is 1.90. The number of non-ortho nitro benzene ring substituents is 1. The Morgan fingerprint density at radius 3 is 3.00 bits per heavy atom. The Hall–Kier alpha value is -2.15. The molecule has 1 aliphatic carbocycles. The number of hydrogen-bond donors (Lipinski definition) is 2. The van der Waals surface area contributed by atoms with Gasteiger partial charge in [-0.2, -0.15) is 4.98 Å². The highest BCUT2D eigenvalue weighted by Gasteiger charge is 2.20. The number of fused-ring (bicyclic) bond motifs is 1. The summed E-state index contributed by atoms with van der Waals surface area (Å²) < 4.78 is 5.43. The molecule has 1 aliphatic rings. The van der Waals surface area contributed by atoms with Crippen LogP contribution >= 0.6 is 0 Å². The van der Waals surface area contributed by atoms with Gasteiger partial charge in [-0.1, -0.05) is 6.07 Å². The Morgan fingerprint density at radius 2 is 2.26 bits per heavy atom. The number of rotatable bonds is 6. The first-order chi connectivity index (χ1) is 9.24. The number of benzene rings is 1. The van der Waals surface area contributed by atoms with E-state index in [-0.39, 0.29) is 11.2 Å². The van der Waals surface area contributed by atoms with Crippen LogP contribution in [0.2, 0.25) is 0 Å². The third-order valence-corrected chi connectivity index (χ3v) is 3.01. The highest BCUT2D eigenvalue weighted by molar-refractivity contribution is 5.83. The summed E-state index contributed by atoms with van der Waals surface area (Å²) in [6.45, 7) is 1.50. The van der Waals surface area contributed by atoms with Gasteiger partial charge >= 0.3 is 0 Å². The molecule has 0 amide bonds. The first-order valence-electron chi connectivity index (χ1n) is 6.25. The Labute approximate surface area is 109 Å². The Morgan fingerprint density at radius 1 is 1.42 bits per heavy atom. The average molecular weight is 262 g/mol. The molecule has 19 heavy (non-hydrogen) atoms. The minimum atomic E-state index is -0.455. The van der Waals surface area contributed by atoms with Crippen molar-refractivity contribution in [3.8, 4) is 0 Å². The summed E-state index contributed by atoms with van der Waals surface area (Å²) >= 11 is 0. The predicted molar refractivity (Wildman–Crippen MR) is 70.2 cm³/mol. The van der Waals surface area contributed by atoms with E-state index in [4.69, 9.17) is 4.42 Å². The molecule has 0 saturated heterocycles. The summed E-state index contributed by atoms with van der Waals surface area (Å²) in [5.41, 5.74) is 0.669. The van der Waals surface area contributed by atoms with Gasteiger partial charge in [0.25, 0.3) is 11.7 Å². The number of nitro groups is 1. The number of hydrogen-bond acceptors (Lipinski definition) is 6. The van der Waals surface area contributed by atoms with Gasteiger partial charge in [0, 0.05) is 25.2 Å². The summed E-state index contributed by atoms with van der Waals surface area (Å²) in [5.74, 6) is 0. The van der Waals surface area contributed by atoms with E-state index in [9.17, 15) is 10.1 Å². The van der Waals surface area contributed by atoms with E-state index in [1.807, 2.05) is 0 Å². The van der Waals surface area contributed by atoms with Crippen molar-refractivity contribution >= 4 is 22.8 Å². The topological polar surface area (TPSA) is 93.2 Å². The fraction of sp³-hybridized carbons (Fsp3) is 0.417. The van der Waals surface area contributed by atoms with Gasteiger partial charge in [0.2, 0.25) is 0 Å². The molecule has 0 aliphatic heterocycles. The zero-order valence-electron chi connectivity index (χ0n) is 10.3. The lowest BCUT2D eigenvalue weighted by molar-refractivity contribution is -0.383. The molecule has 100 valence electrons. The molecular weight excluding hydrogens is 248 g/mol. The van der Waals surface area contributed by atoms with Crippen LogP contribution in [0.15, 0.2) is 22.6 Å². The van der Waals surface area contributed by atoms with Gasteiger partial charge in [0.05, 0.1) is 4.92 Å². The van der Waals surface area contributed by atoms with Crippen molar-refractivity contribution in [2.24, 2.45) is 0 Å². The van der Waals surface area contributed by atoms with Crippen molar-refractivity contribution in [1.29, 1.82) is 0 Å². The highest BCUT2D eigenvalue weighted by atomic mass is 16.6. The lowest BCUT2D eigenvalue weighted by Crippen LogP contribution is -2.23. The SMILES string of the molecule is O=[N+]([O-])c1cccc2oc(NCCNC3CC3)nc12. The van der Waals surface area contributed by atoms with E-state index in [1.165, 1.54) is 18.9 Å². The third kappa shape index (κ3) is 2.65. The first-order valence-corrected chi connectivity index (χ1v) is 6.25. The molecule has 0 radical (unpaired) electrons. The smallest absolute Gasteiger partial charge is 0.298 e. The molecule has 1 heterocycles. The largest absolute Gasteiger partial charge is 0.423 e. The average Bonchev–Trinajstić information content (AvgIpc) is 3.11. The second-order valence-corrected chi connectivity index (χ2v) is 4.56. The summed E-state index contributed by atoms with van der Waals surface area (Å²) in [4.78, 5) is 14.5. The fourth-order valence-corrected chi connectivity index (χ4v) is 1.89. The van der Waals surface area contributed by atoms with Gasteiger partial charge in [0.1, 0.15) is 0 Å². The second kappa shape index (κ2) is 4.85. The van der Waals surface area contributed by atoms with Crippen LogP contribution in [0.25, 0.3) is 11.1 Å². The van der Waals surface area contributed by atoms with Crippen molar-refractivity contribution in [3.05, 3.63) is 28.3 Å². The van der Waals surface area contributed by atoms with Gasteiger partial charge in [-0.3, -0.25) is 10.1 Å². The molecule has 3 rings (SSSR count). The number of para-hydroxylation sites is 1. The Bertz CT molecular complexity index is 606. The number of aromatic nitrogens is 1. The summed E-state index contributed by atoms with van der Waals surface area (Å²) in [5, 5.41) is 17.2. The molecule has 1 saturated carbocycles. The minimum absolute atomic E-state index is 0.0367. The zero-order valence-corrected chi connectivity index (χ0v) is 10.3. The third-order valence-electron chi connectivity index (χ3n) is 3.01. The maximum atomic E-state index is 10.9. The summed E-state index contributed by atoms with van der Waals surface area (Å²) in [7, 11) is 0. The molecule has 7 heteroatoms. The zero-order chi connectivity index (χ0) is 13.2. The Kier molecular flexibility index (Phi) is 3.04. The normalized spacial score (nSPS) is 14.7. The summed E-state index contributed by atoms with van der Waals surface area (Å²) in [6.07, 6.45) is 2.49. The van der Waals surface area contributed by atoms with Gasteiger partial charge in [0.15, 0.2) is 11.1 Å². The minimum Gasteiger partial charge on any atom is -0.423 e. The van der Waals surface area contributed by atoms with Crippen molar-refractivity contribution < 1.29 is 9.34 Å². The van der Waals surface area contributed by atoms with Gasteiger partial charge in [-0.25, -0.2) is 0 Å². The molecule has 2 aromatic rings. The molecule has 7 nitrogen and oxygen atoms in total.